The van der Waals surface area contributed by atoms with Gasteiger partial charge in [0.15, 0.2) is 0 Å². The van der Waals surface area contributed by atoms with Gasteiger partial charge in [0.2, 0.25) is 0 Å². The summed E-state index contributed by atoms with van der Waals surface area (Å²) in [6.45, 7) is 10.4. The summed E-state index contributed by atoms with van der Waals surface area (Å²) < 4.78 is 5.74. The molecule has 0 saturated carbocycles. The molecule has 1 N–H and O–H groups in total. The Morgan fingerprint density at radius 3 is 2.62 bits per heavy atom. The third kappa shape index (κ3) is 3.87. The Kier molecular flexibility index (Phi) is 5.43. The molecule has 0 unspecified atom stereocenters. The quantitative estimate of drug-likeness (QED) is 0.780. The van der Waals surface area contributed by atoms with E-state index in [2.05, 4.69) is 51.2 Å². The van der Waals surface area contributed by atoms with Gasteiger partial charge in [-0.3, -0.25) is 4.98 Å². The molecule has 2 rings (SSSR count). The van der Waals surface area contributed by atoms with Crippen molar-refractivity contribution in [2.45, 2.75) is 46.5 Å². The fourth-order valence-electron chi connectivity index (χ4n) is 2.24. The zero-order chi connectivity index (χ0) is 15.2. The Bertz CT molecular complexity index is 593. The lowest BCUT2D eigenvalue weighted by Gasteiger charge is -2.14. The van der Waals surface area contributed by atoms with Crippen LogP contribution in [0.15, 0.2) is 24.3 Å². The maximum Gasteiger partial charge on any atom is 0.120 e. The average molecular weight is 286 g/mol. The Morgan fingerprint density at radius 1 is 1.14 bits per heavy atom. The van der Waals surface area contributed by atoms with Crippen molar-refractivity contribution in [1.82, 2.24) is 4.98 Å². The van der Waals surface area contributed by atoms with E-state index in [4.69, 9.17) is 9.72 Å². The highest BCUT2D eigenvalue weighted by Gasteiger charge is 2.09. The Hall–Kier alpha value is -1.77. The first kappa shape index (κ1) is 15.6. The van der Waals surface area contributed by atoms with Crippen molar-refractivity contribution in [2.75, 3.05) is 18.5 Å². The highest BCUT2D eigenvalue weighted by molar-refractivity contribution is 5.92. The van der Waals surface area contributed by atoms with Crippen LogP contribution in [-0.2, 0) is 0 Å². The molecule has 0 aliphatic rings. The molecule has 114 valence electrons. The number of nitrogens with zero attached hydrogens (tertiary/aromatic N) is 1. The van der Waals surface area contributed by atoms with Crippen LogP contribution in [0.2, 0.25) is 0 Å². The number of fused-ring (bicyclic) bond motifs is 1. The molecule has 0 amide bonds. The van der Waals surface area contributed by atoms with Gasteiger partial charge in [-0.1, -0.05) is 27.7 Å². The molecule has 0 aliphatic carbocycles. The molecule has 3 nitrogen and oxygen atoms in total. The smallest absolute Gasteiger partial charge is 0.120 e. The van der Waals surface area contributed by atoms with Crippen molar-refractivity contribution < 1.29 is 4.74 Å². The minimum absolute atomic E-state index is 0.424. The van der Waals surface area contributed by atoms with E-state index in [9.17, 15) is 0 Å². The Morgan fingerprint density at radius 2 is 1.95 bits per heavy atom. The standard InChI is InChI=1S/C18H26N2O/c1-5-9-19-18-12-17(13(3)4)20-16-8-7-14(11-15(16)18)21-10-6-2/h7-8,11-13H,5-6,9-10H2,1-4H3,(H,19,20). The molecule has 2 aromatic rings. The number of hydrogen-bond donors (Lipinski definition) is 1. The van der Waals surface area contributed by atoms with Crippen LogP contribution < -0.4 is 10.1 Å². The maximum absolute atomic E-state index is 5.74. The van der Waals surface area contributed by atoms with Crippen molar-refractivity contribution in [3.8, 4) is 5.75 Å². The molecule has 1 aromatic carbocycles. The number of pyridine rings is 1. The summed E-state index contributed by atoms with van der Waals surface area (Å²) in [5, 5.41) is 4.66. The van der Waals surface area contributed by atoms with Gasteiger partial charge in [0, 0.05) is 23.3 Å². The van der Waals surface area contributed by atoms with Crippen LogP contribution in [0, 0.1) is 0 Å². The monoisotopic (exact) mass is 286 g/mol. The first-order chi connectivity index (χ1) is 10.2. The molecule has 0 spiro atoms. The molecule has 3 heteroatoms. The number of hydrogen-bond acceptors (Lipinski definition) is 3. The van der Waals surface area contributed by atoms with E-state index in [1.54, 1.807) is 0 Å². The topological polar surface area (TPSA) is 34.2 Å². The largest absolute Gasteiger partial charge is 0.494 e. The third-order valence-corrected chi connectivity index (χ3v) is 3.43. The van der Waals surface area contributed by atoms with Gasteiger partial charge in [0.1, 0.15) is 5.75 Å². The van der Waals surface area contributed by atoms with Gasteiger partial charge >= 0.3 is 0 Å². The van der Waals surface area contributed by atoms with Crippen molar-refractivity contribution in [2.24, 2.45) is 0 Å². The second-order valence-corrected chi connectivity index (χ2v) is 5.70. The summed E-state index contributed by atoms with van der Waals surface area (Å²) in [4.78, 5) is 4.77. The van der Waals surface area contributed by atoms with Crippen LogP contribution in [0.5, 0.6) is 5.75 Å². The van der Waals surface area contributed by atoms with Crippen LogP contribution in [-0.4, -0.2) is 18.1 Å². The van der Waals surface area contributed by atoms with Gasteiger partial charge in [-0.25, -0.2) is 0 Å². The lowest BCUT2D eigenvalue weighted by atomic mass is 10.1. The van der Waals surface area contributed by atoms with E-state index in [1.165, 1.54) is 0 Å². The van der Waals surface area contributed by atoms with Crippen LogP contribution in [0.25, 0.3) is 10.9 Å². The number of benzene rings is 1. The molecule has 0 bridgehead atoms. The zero-order valence-electron chi connectivity index (χ0n) is 13.6. The highest BCUT2D eigenvalue weighted by atomic mass is 16.5. The molecule has 0 fully saturated rings. The number of ether oxygens (including phenoxy) is 1. The fourth-order valence-corrected chi connectivity index (χ4v) is 2.24. The molecular formula is C18H26N2O. The van der Waals surface area contributed by atoms with Gasteiger partial charge in [0.05, 0.1) is 12.1 Å². The minimum atomic E-state index is 0.424. The molecule has 1 aromatic heterocycles. The lowest BCUT2D eigenvalue weighted by molar-refractivity contribution is 0.318. The summed E-state index contributed by atoms with van der Waals surface area (Å²) in [6, 6.07) is 8.34. The number of anilines is 1. The van der Waals surface area contributed by atoms with Gasteiger partial charge < -0.3 is 10.1 Å². The van der Waals surface area contributed by atoms with E-state index < -0.39 is 0 Å². The molecule has 0 atom stereocenters. The van der Waals surface area contributed by atoms with Gasteiger partial charge in [0.25, 0.3) is 0 Å². The predicted molar refractivity (Wildman–Crippen MR) is 90.4 cm³/mol. The van der Waals surface area contributed by atoms with Crippen LogP contribution in [0.3, 0.4) is 0 Å². The minimum Gasteiger partial charge on any atom is -0.494 e. The lowest BCUT2D eigenvalue weighted by Crippen LogP contribution is -2.04. The van der Waals surface area contributed by atoms with E-state index in [0.717, 1.165) is 54.0 Å². The molecular weight excluding hydrogens is 260 g/mol. The first-order valence-corrected chi connectivity index (χ1v) is 7.97. The first-order valence-electron chi connectivity index (χ1n) is 7.97. The van der Waals surface area contributed by atoms with Gasteiger partial charge in [-0.05, 0) is 43.0 Å². The third-order valence-electron chi connectivity index (χ3n) is 3.43. The summed E-state index contributed by atoms with van der Waals surface area (Å²) in [5.41, 5.74) is 3.32. The fraction of sp³-hybridized carbons (Fsp3) is 0.500. The average Bonchev–Trinajstić information content (AvgIpc) is 2.50. The van der Waals surface area contributed by atoms with Crippen molar-refractivity contribution in [1.29, 1.82) is 0 Å². The van der Waals surface area contributed by atoms with E-state index in [1.807, 2.05) is 6.07 Å². The number of rotatable bonds is 7. The van der Waals surface area contributed by atoms with E-state index in [-0.39, 0.29) is 0 Å². The van der Waals surface area contributed by atoms with Crippen molar-refractivity contribution in [3.05, 3.63) is 30.0 Å². The predicted octanol–water partition coefficient (Wildman–Crippen LogP) is 4.97. The number of aromatic nitrogens is 1. The Balaban J connectivity index is 2.45. The van der Waals surface area contributed by atoms with Crippen LogP contribution >= 0.6 is 0 Å². The molecule has 21 heavy (non-hydrogen) atoms. The van der Waals surface area contributed by atoms with Gasteiger partial charge in [-0.15, -0.1) is 0 Å². The molecule has 0 aliphatic heterocycles. The maximum atomic E-state index is 5.74. The Labute approximate surface area is 127 Å². The zero-order valence-corrected chi connectivity index (χ0v) is 13.6. The highest BCUT2D eigenvalue weighted by Crippen LogP contribution is 2.29. The summed E-state index contributed by atoms with van der Waals surface area (Å²) in [5.74, 6) is 1.34. The second kappa shape index (κ2) is 7.30. The second-order valence-electron chi connectivity index (χ2n) is 5.70. The van der Waals surface area contributed by atoms with E-state index in [0.29, 0.717) is 5.92 Å². The summed E-state index contributed by atoms with van der Waals surface area (Å²) in [6.07, 6.45) is 2.12. The van der Waals surface area contributed by atoms with Crippen molar-refractivity contribution in [3.63, 3.8) is 0 Å². The van der Waals surface area contributed by atoms with Gasteiger partial charge in [-0.2, -0.15) is 0 Å². The van der Waals surface area contributed by atoms with Crippen LogP contribution in [0.4, 0.5) is 5.69 Å². The summed E-state index contributed by atoms with van der Waals surface area (Å²) in [7, 11) is 0. The van der Waals surface area contributed by atoms with E-state index >= 15 is 0 Å². The van der Waals surface area contributed by atoms with Crippen LogP contribution in [0.1, 0.15) is 52.1 Å². The molecule has 0 saturated heterocycles. The molecule has 1 heterocycles. The summed E-state index contributed by atoms with van der Waals surface area (Å²) >= 11 is 0. The molecule has 0 radical (unpaired) electrons. The number of nitrogens with one attached hydrogen (secondary N) is 1. The SMILES string of the molecule is CCCNc1cc(C(C)C)nc2ccc(OCCC)cc12. The normalized spacial score (nSPS) is 11.1. The van der Waals surface area contributed by atoms with Crippen molar-refractivity contribution >= 4 is 16.6 Å².